The van der Waals surface area contributed by atoms with E-state index in [4.69, 9.17) is 29.9 Å². The zero-order chi connectivity index (χ0) is 29.8. The molecule has 0 saturated carbocycles. The van der Waals surface area contributed by atoms with Crippen LogP contribution in [-0.4, -0.2) is 39.9 Å². The maximum Gasteiger partial charge on any atom is 0.164 e. The van der Waals surface area contributed by atoms with Crippen LogP contribution < -0.4 is 0 Å². The molecule has 213 valence electrons. The molecule has 0 spiro atoms. The number of fused-ring (bicyclic) bond motifs is 20. The summed E-state index contributed by atoms with van der Waals surface area (Å²) in [4.78, 5) is 36.8. The fraction of sp³-hybridized carbons (Fsp3) is 0. The molecule has 0 fully saturated rings. The Morgan fingerprint density at radius 2 is 0.591 bits per heavy atom. The molecule has 0 unspecified atom stereocenters. The molecular formula is C32H18CrF3N8. The Labute approximate surface area is 252 Å². The third-order valence-corrected chi connectivity index (χ3v) is 7.46. The predicted molar refractivity (Wildman–Crippen MR) is 159 cm³/mol. The van der Waals surface area contributed by atoms with Gasteiger partial charge in [-0.15, -0.1) is 0 Å². The first-order valence-corrected chi connectivity index (χ1v) is 14.9. The number of aromatic nitrogens is 8. The summed E-state index contributed by atoms with van der Waals surface area (Å²) in [6.45, 7) is 0. The van der Waals surface area contributed by atoms with Crippen LogP contribution in [0.2, 0.25) is 0 Å². The maximum atomic E-state index is 9.79. The van der Waals surface area contributed by atoms with Gasteiger partial charge in [0.2, 0.25) is 0 Å². The second-order valence-corrected chi connectivity index (χ2v) is 10.5. The molecule has 8 nitrogen and oxygen atoms in total. The number of rotatable bonds is 0. The van der Waals surface area contributed by atoms with Crippen LogP contribution in [0.1, 0.15) is 0 Å². The van der Waals surface area contributed by atoms with Gasteiger partial charge < -0.3 is 9.97 Å². The second kappa shape index (κ2) is 10.4. The number of aromatic amines is 2. The molecule has 4 aromatic carbocycles. The molecule has 8 bridgehead atoms. The van der Waals surface area contributed by atoms with Crippen molar-refractivity contribution >= 4 is 44.1 Å². The molecule has 2 aliphatic rings. The number of benzene rings is 4. The Morgan fingerprint density at radius 1 is 0.364 bits per heavy atom. The Morgan fingerprint density at radius 3 is 0.841 bits per heavy atom. The first-order valence-electron chi connectivity index (χ1n) is 13.5. The van der Waals surface area contributed by atoms with E-state index in [1.54, 1.807) is 0 Å². The van der Waals surface area contributed by atoms with Crippen molar-refractivity contribution in [2.75, 3.05) is 0 Å². The van der Waals surface area contributed by atoms with Gasteiger partial charge in [-0.25, -0.2) is 29.9 Å². The average molecular weight is 624 g/mol. The van der Waals surface area contributed by atoms with E-state index in [1.165, 1.54) is 0 Å². The van der Waals surface area contributed by atoms with E-state index in [9.17, 15) is 10.6 Å². The fourth-order valence-corrected chi connectivity index (χ4v) is 5.59. The van der Waals surface area contributed by atoms with Crippen molar-refractivity contribution in [2.24, 2.45) is 0 Å². The van der Waals surface area contributed by atoms with Crippen molar-refractivity contribution in [2.45, 2.75) is 0 Å². The van der Waals surface area contributed by atoms with Crippen LogP contribution in [-0.2, 0) is 15.5 Å². The molecule has 0 atom stereocenters. The van der Waals surface area contributed by atoms with E-state index in [0.717, 1.165) is 43.8 Å². The number of hydrogen-bond donors (Lipinski definition) is 2. The molecule has 0 radical (unpaired) electrons. The van der Waals surface area contributed by atoms with E-state index in [1.807, 2.05) is 97.1 Å². The van der Waals surface area contributed by atoms with Gasteiger partial charge in [-0.3, -0.25) is 0 Å². The van der Waals surface area contributed by atoms with Gasteiger partial charge in [-0.05, 0) is 0 Å². The molecule has 5 heterocycles. The number of halogens is 3. The molecule has 0 aliphatic carbocycles. The molecule has 44 heavy (non-hydrogen) atoms. The van der Waals surface area contributed by atoms with Crippen LogP contribution in [0.25, 0.3) is 89.7 Å². The summed E-state index contributed by atoms with van der Waals surface area (Å²) in [5, 5.41) is 3.82. The number of nitrogens with one attached hydrogen (secondary N) is 2. The van der Waals surface area contributed by atoms with E-state index in [0.29, 0.717) is 45.9 Å². The van der Waals surface area contributed by atoms with Gasteiger partial charge in [0.05, 0.1) is 0 Å². The summed E-state index contributed by atoms with van der Waals surface area (Å²) < 4.78 is 29.4. The van der Waals surface area contributed by atoms with Crippen LogP contribution in [0.5, 0.6) is 0 Å². The molecule has 12 heteroatoms. The topological polar surface area (TPSA) is 109 Å². The average Bonchev–Trinajstić information content (AvgIpc) is 3.76. The van der Waals surface area contributed by atoms with Crippen molar-refractivity contribution in [3.05, 3.63) is 97.1 Å². The molecule has 2 N–H and O–H groups in total. The normalized spacial score (nSPS) is 11.7. The van der Waals surface area contributed by atoms with Gasteiger partial charge in [0.25, 0.3) is 0 Å². The first kappa shape index (κ1) is 26.2. The first-order chi connectivity index (χ1) is 21.5. The van der Waals surface area contributed by atoms with E-state index in [-0.39, 0.29) is 0 Å². The van der Waals surface area contributed by atoms with Gasteiger partial charge in [-0.2, -0.15) is 0 Å². The minimum absolute atomic E-state index is 0.597. The Kier molecular flexibility index (Phi) is 6.18. The van der Waals surface area contributed by atoms with Crippen molar-refractivity contribution in [3.63, 3.8) is 0 Å². The van der Waals surface area contributed by atoms with Crippen LogP contribution in [0, 0.1) is 0 Å². The molecule has 7 aromatic rings. The van der Waals surface area contributed by atoms with E-state index >= 15 is 0 Å². The summed E-state index contributed by atoms with van der Waals surface area (Å²) in [5.41, 5.74) is 6.45. The quantitative estimate of drug-likeness (QED) is 0.177. The van der Waals surface area contributed by atoms with Crippen LogP contribution in [0.4, 0.5) is 10.6 Å². The molecule has 0 amide bonds. The third kappa shape index (κ3) is 4.40. The molecule has 3 aromatic heterocycles. The SMILES string of the molecule is [F][Cr]([F])[F].c1ccc2c(c1)-c1nc-2nc2[nH]c(nc3nc(nc4[nH]c(n1)c1ccccc41)-c1ccccc1-3)c1ccccc21. The number of hydrogen-bond acceptors (Lipinski definition) is 6. The monoisotopic (exact) mass is 623 g/mol. The van der Waals surface area contributed by atoms with Gasteiger partial charge in [0, 0.05) is 43.8 Å². The maximum absolute atomic E-state index is 9.79. The second-order valence-electron chi connectivity index (χ2n) is 9.97. The molecular weight excluding hydrogens is 605 g/mol. The molecule has 2 aliphatic heterocycles. The number of H-pyrrole nitrogens is 2. The largest absolute Gasteiger partial charge is 0.324 e. The Balaban J connectivity index is 0.000000684. The summed E-state index contributed by atoms with van der Waals surface area (Å²) in [6.07, 6.45) is 0. The number of nitrogens with zero attached hydrogens (tertiary/aromatic N) is 6. The van der Waals surface area contributed by atoms with Crippen LogP contribution in [0.15, 0.2) is 97.1 Å². The molecule has 9 rings (SSSR count). The van der Waals surface area contributed by atoms with Crippen LogP contribution >= 0.6 is 0 Å². The van der Waals surface area contributed by atoms with E-state index < -0.39 is 15.5 Å². The summed E-state index contributed by atoms with van der Waals surface area (Å²) >= 11 is -4.54. The van der Waals surface area contributed by atoms with Gasteiger partial charge >= 0.3 is 26.1 Å². The van der Waals surface area contributed by atoms with Crippen molar-refractivity contribution in [1.29, 1.82) is 0 Å². The van der Waals surface area contributed by atoms with Crippen molar-refractivity contribution < 1.29 is 26.1 Å². The van der Waals surface area contributed by atoms with Gasteiger partial charge in [-0.1, -0.05) is 97.1 Å². The van der Waals surface area contributed by atoms with E-state index in [2.05, 4.69) is 9.97 Å². The van der Waals surface area contributed by atoms with Crippen molar-refractivity contribution in [3.8, 4) is 45.6 Å². The van der Waals surface area contributed by atoms with Crippen LogP contribution in [0.3, 0.4) is 0 Å². The predicted octanol–water partition coefficient (Wildman–Crippen LogP) is 8.13. The standard InChI is InChI=1S/C32H18N8.Cr.3FH/c1-2-10-18-17(9-1)25-33-26(18)38-28-21-13-5-6-14-22(21)30(35-28)40-32-24-16-8-7-15-23(24)31(36-32)39-29-20-12-4-3-11-19(20)27(34-29)37-25;;;;/h1-16H,(H2,33,34,35,36,37,38,39,40);;3*1H/q;+3;;;/p-3. The van der Waals surface area contributed by atoms with Gasteiger partial charge in [0.15, 0.2) is 23.3 Å². The summed E-state index contributed by atoms with van der Waals surface area (Å²) in [7, 11) is 0. The summed E-state index contributed by atoms with van der Waals surface area (Å²) in [5.74, 6) is 2.39. The summed E-state index contributed by atoms with van der Waals surface area (Å²) in [6, 6.07) is 32.2. The fourth-order valence-electron chi connectivity index (χ4n) is 5.59. The minimum Gasteiger partial charge on any atom is -0.324 e. The smallest absolute Gasteiger partial charge is 0.164 e. The zero-order valence-electron chi connectivity index (χ0n) is 22.5. The van der Waals surface area contributed by atoms with Crippen molar-refractivity contribution in [1.82, 2.24) is 39.9 Å². The molecule has 0 saturated heterocycles. The van der Waals surface area contributed by atoms with Gasteiger partial charge in [0.1, 0.15) is 22.6 Å². The zero-order valence-corrected chi connectivity index (χ0v) is 23.7. The minimum atomic E-state index is -4.54. The Bertz CT molecular complexity index is 2100. The third-order valence-electron chi connectivity index (χ3n) is 7.46. The Hall–Kier alpha value is -5.44.